The van der Waals surface area contributed by atoms with Gasteiger partial charge in [0, 0.05) is 10.0 Å². The summed E-state index contributed by atoms with van der Waals surface area (Å²) in [5.41, 5.74) is 0.692. The van der Waals surface area contributed by atoms with Crippen LogP contribution in [-0.2, 0) is 0 Å². The van der Waals surface area contributed by atoms with Crippen LogP contribution in [0.25, 0.3) is 0 Å². The number of carbonyl (C=O) groups excluding carboxylic acids is 1. The van der Waals surface area contributed by atoms with E-state index in [1.165, 1.54) is 0 Å². The van der Waals surface area contributed by atoms with Crippen LogP contribution in [0.5, 0.6) is 0 Å². The molecule has 1 aromatic rings. The van der Waals surface area contributed by atoms with E-state index < -0.39 is 0 Å². The van der Waals surface area contributed by atoms with Crippen LogP contribution in [-0.4, -0.2) is 6.29 Å². The minimum Gasteiger partial charge on any atom is -0.344 e. The fourth-order valence-corrected chi connectivity index (χ4v) is 0.949. The lowest BCUT2D eigenvalue weighted by atomic mass is 10.2. The second kappa shape index (κ2) is 4.19. The van der Waals surface area contributed by atoms with Crippen molar-refractivity contribution in [2.75, 3.05) is 0 Å². The highest BCUT2D eigenvalue weighted by molar-refractivity contribution is 9.10. The molecule has 0 amide bonds. The Morgan fingerprint density at radius 1 is 1.30 bits per heavy atom. The molecule has 3 N–H and O–H groups in total. The van der Waals surface area contributed by atoms with Crippen LogP contribution in [0.2, 0.25) is 0 Å². The lowest BCUT2D eigenvalue weighted by molar-refractivity contribution is 0.112. The van der Waals surface area contributed by atoms with E-state index in [1.807, 2.05) is 18.2 Å². The van der Waals surface area contributed by atoms with Gasteiger partial charge in [-0.2, -0.15) is 0 Å². The predicted octanol–water partition coefficient (Wildman–Crippen LogP) is 2.42. The largest absolute Gasteiger partial charge is 0.344 e. The lowest BCUT2D eigenvalue weighted by Gasteiger charge is -1.90. The Kier molecular flexibility index (Phi) is 3.91. The maximum absolute atomic E-state index is 10.2. The molecule has 0 aromatic heterocycles. The van der Waals surface area contributed by atoms with E-state index in [0.29, 0.717) is 5.56 Å². The van der Waals surface area contributed by atoms with Gasteiger partial charge in [-0.05, 0) is 6.07 Å². The van der Waals surface area contributed by atoms with Crippen molar-refractivity contribution < 1.29 is 4.79 Å². The molecule has 0 heterocycles. The van der Waals surface area contributed by atoms with Gasteiger partial charge in [0.25, 0.3) is 0 Å². The molecular weight excluding hydrogens is 194 g/mol. The first-order valence-electron chi connectivity index (χ1n) is 2.54. The van der Waals surface area contributed by atoms with Gasteiger partial charge < -0.3 is 6.15 Å². The van der Waals surface area contributed by atoms with Crippen LogP contribution in [0.1, 0.15) is 10.4 Å². The van der Waals surface area contributed by atoms with E-state index in [9.17, 15) is 4.79 Å². The summed E-state index contributed by atoms with van der Waals surface area (Å²) < 4.78 is 0.847. The number of halogens is 1. The van der Waals surface area contributed by atoms with Gasteiger partial charge >= 0.3 is 0 Å². The standard InChI is InChI=1S/C7H5BrO.H3N/c8-7-4-2-1-3-6(7)5-9;/h1-5H;1H3. The molecule has 0 aliphatic rings. The summed E-state index contributed by atoms with van der Waals surface area (Å²) in [4.78, 5) is 10.2. The van der Waals surface area contributed by atoms with Crippen LogP contribution in [0.15, 0.2) is 28.7 Å². The average molecular weight is 202 g/mol. The van der Waals surface area contributed by atoms with E-state index in [1.54, 1.807) is 6.07 Å². The summed E-state index contributed by atoms with van der Waals surface area (Å²) >= 11 is 3.23. The number of benzene rings is 1. The summed E-state index contributed by atoms with van der Waals surface area (Å²) in [7, 11) is 0. The molecule has 0 aliphatic carbocycles. The Hall–Kier alpha value is -0.670. The van der Waals surface area contributed by atoms with Gasteiger partial charge in [-0.1, -0.05) is 34.1 Å². The lowest BCUT2D eigenvalue weighted by Crippen LogP contribution is -1.78. The van der Waals surface area contributed by atoms with Crippen molar-refractivity contribution in [3.8, 4) is 0 Å². The maximum Gasteiger partial charge on any atom is 0.151 e. The topological polar surface area (TPSA) is 52.1 Å². The molecule has 0 radical (unpaired) electrons. The Balaban J connectivity index is 0.000000810. The molecule has 0 fully saturated rings. The third kappa shape index (κ3) is 1.93. The highest BCUT2D eigenvalue weighted by Gasteiger charge is 1.92. The Labute approximate surface area is 68.0 Å². The molecule has 1 rings (SSSR count). The Bertz CT molecular complexity index is 225. The molecule has 0 aliphatic heterocycles. The van der Waals surface area contributed by atoms with Gasteiger partial charge in [-0.15, -0.1) is 0 Å². The van der Waals surface area contributed by atoms with Crippen LogP contribution in [0.4, 0.5) is 0 Å². The molecule has 54 valence electrons. The second-order valence-electron chi connectivity index (χ2n) is 1.64. The zero-order valence-corrected chi connectivity index (χ0v) is 6.97. The minimum atomic E-state index is 0. The number of carbonyl (C=O) groups is 1. The van der Waals surface area contributed by atoms with Crippen molar-refractivity contribution in [1.29, 1.82) is 0 Å². The van der Waals surface area contributed by atoms with E-state index in [-0.39, 0.29) is 6.15 Å². The highest BCUT2D eigenvalue weighted by Crippen LogP contribution is 2.12. The monoisotopic (exact) mass is 201 g/mol. The third-order valence-corrected chi connectivity index (χ3v) is 1.75. The molecule has 0 spiro atoms. The van der Waals surface area contributed by atoms with E-state index in [4.69, 9.17) is 0 Å². The smallest absolute Gasteiger partial charge is 0.151 e. The Morgan fingerprint density at radius 2 is 1.90 bits per heavy atom. The summed E-state index contributed by atoms with van der Waals surface area (Å²) in [5, 5.41) is 0. The summed E-state index contributed by atoms with van der Waals surface area (Å²) in [6, 6.07) is 7.30. The van der Waals surface area contributed by atoms with Crippen molar-refractivity contribution in [1.82, 2.24) is 6.15 Å². The van der Waals surface area contributed by atoms with Gasteiger partial charge in [0.15, 0.2) is 6.29 Å². The van der Waals surface area contributed by atoms with E-state index >= 15 is 0 Å². The first-order chi connectivity index (χ1) is 4.34. The van der Waals surface area contributed by atoms with Crippen molar-refractivity contribution in [2.45, 2.75) is 0 Å². The minimum absolute atomic E-state index is 0. The number of aldehydes is 1. The van der Waals surface area contributed by atoms with Crippen molar-refractivity contribution in [3.05, 3.63) is 34.3 Å². The van der Waals surface area contributed by atoms with Crippen molar-refractivity contribution in [2.24, 2.45) is 0 Å². The van der Waals surface area contributed by atoms with Gasteiger partial charge in [0.05, 0.1) is 0 Å². The Morgan fingerprint density at radius 3 is 2.30 bits per heavy atom. The molecule has 0 unspecified atom stereocenters. The van der Waals surface area contributed by atoms with Crippen LogP contribution < -0.4 is 6.15 Å². The highest BCUT2D eigenvalue weighted by atomic mass is 79.9. The summed E-state index contributed by atoms with van der Waals surface area (Å²) in [6.45, 7) is 0. The quantitative estimate of drug-likeness (QED) is 0.711. The van der Waals surface area contributed by atoms with E-state index in [0.717, 1.165) is 10.8 Å². The van der Waals surface area contributed by atoms with Crippen molar-refractivity contribution >= 4 is 22.2 Å². The number of hydrogen-bond donors (Lipinski definition) is 1. The normalized spacial score (nSPS) is 8.10. The number of hydrogen-bond acceptors (Lipinski definition) is 2. The van der Waals surface area contributed by atoms with Gasteiger partial charge in [0.1, 0.15) is 0 Å². The van der Waals surface area contributed by atoms with E-state index in [2.05, 4.69) is 15.9 Å². The van der Waals surface area contributed by atoms with Gasteiger partial charge in [0.2, 0.25) is 0 Å². The number of rotatable bonds is 1. The first-order valence-corrected chi connectivity index (χ1v) is 3.33. The maximum atomic E-state index is 10.2. The van der Waals surface area contributed by atoms with Crippen molar-refractivity contribution in [3.63, 3.8) is 0 Å². The van der Waals surface area contributed by atoms with Crippen LogP contribution in [0.3, 0.4) is 0 Å². The molecule has 0 atom stereocenters. The second-order valence-corrected chi connectivity index (χ2v) is 2.49. The third-order valence-electron chi connectivity index (χ3n) is 1.03. The average Bonchev–Trinajstić information content (AvgIpc) is 1.89. The zero-order valence-electron chi connectivity index (χ0n) is 5.38. The fraction of sp³-hybridized carbons (Fsp3) is 0. The molecule has 10 heavy (non-hydrogen) atoms. The summed E-state index contributed by atoms with van der Waals surface area (Å²) in [6.07, 6.45) is 0.823. The SMILES string of the molecule is N.O=Cc1ccccc1Br. The molecule has 3 heteroatoms. The first kappa shape index (κ1) is 9.33. The molecular formula is C7H8BrNO. The fourth-order valence-electron chi connectivity index (χ4n) is 0.571. The molecule has 2 nitrogen and oxygen atoms in total. The van der Waals surface area contributed by atoms with Gasteiger partial charge in [-0.25, -0.2) is 0 Å². The molecule has 1 aromatic carbocycles. The zero-order chi connectivity index (χ0) is 6.69. The molecule has 0 saturated heterocycles. The van der Waals surface area contributed by atoms with Crippen LogP contribution in [0, 0.1) is 0 Å². The predicted molar refractivity (Wildman–Crippen MR) is 44.6 cm³/mol. The summed E-state index contributed by atoms with van der Waals surface area (Å²) in [5.74, 6) is 0. The van der Waals surface area contributed by atoms with Crippen LogP contribution >= 0.6 is 15.9 Å². The molecule has 0 saturated carbocycles. The molecule has 0 bridgehead atoms. The van der Waals surface area contributed by atoms with Gasteiger partial charge in [-0.3, -0.25) is 4.79 Å².